The number of halogens is 1. The lowest BCUT2D eigenvalue weighted by Crippen LogP contribution is -2.46. The van der Waals surface area contributed by atoms with Gasteiger partial charge in [0, 0.05) is 20.8 Å². The van der Waals surface area contributed by atoms with Crippen LogP contribution in [0.15, 0.2) is 72.8 Å². The summed E-state index contributed by atoms with van der Waals surface area (Å²) < 4.78 is 1.10. The Bertz CT molecular complexity index is 1170. The third kappa shape index (κ3) is 4.07. The molecule has 0 saturated carbocycles. The third-order valence-corrected chi connectivity index (χ3v) is 5.54. The van der Waals surface area contributed by atoms with Crippen molar-refractivity contribution in [1.82, 2.24) is 10.3 Å². The first-order chi connectivity index (χ1) is 14.0. The summed E-state index contributed by atoms with van der Waals surface area (Å²) in [5.41, 5.74) is 8.48. The van der Waals surface area contributed by atoms with Gasteiger partial charge in [0.05, 0.1) is 16.6 Å². The highest BCUT2D eigenvalue weighted by molar-refractivity contribution is 14.1. The van der Waals surface area contributed by atoms with Crippen molar-refractivity contribution >= 4 is 56.2 Å². The molecule has 0 aliphatic rings. The number of carbonyl (C=O) groups is 2. The van der Waals surface area contributed by atoms with Crippen LogP contribution in [0.25, 0.3) is 21.8 Å². The van der Waals surface area contributed by atoms with Crippen LogP contribution in [0.4, 0.5) is 0 Å². The van der Waals surface area contributed by atoms with Crippen molar-refractivity contribution in [3.63, 3.8) is 0 Å². The molecule has 29 heavy (non-hydrogen) atoms. The van der Waals surface area contributed by atoms with Gasteiger partial charge >= 0.3 is 0 Å². The van der Waals surface area contributed by atoms with Crippen LogP contribution in [-0.2, 0) is 11.2 Å². The Balaban J connectivity index is 1.73. The molecule has 3 N–H and O–H groups in total. The molecule has 5 nitrogen and oxygen atoms in total. The zero-order chi connectivity index (χ0) is 20.4. The van der Waals surface area contributed by atoms with Crippen LogP contribution in [-0.4, -0.2) is 22.8 Å². The molecule has 0 saturated heterocycles. The number of nitrogens with zero attached hydrogens (tertiary/aromatic N) is 1. The molecule has 0 radical (unpaired) electrons. The van der Waals surface area contributed by atoms with Crippen LogP contribution in [0.5, 0.6) is 0 Å². The highest BCUT2D eigenvalue weighted by Crippen LogP contribution is 2.26. The number of hydrogen-bond donors (Lipinski definition) is 2. The molecule has 0 fully saturated rings. The molecule has 0 bridgehead atoms. The van der Waals surface area contributed by atoms with Crippen molar-refractivity contribution < 1.29 is 9.59 Å². The second-order valence-corrected chi connectivity index (χ2v) is 8.03. The van der Waals surface area contributed by atoms with Crippen LogP contribution in [0.3, 0.4) is 0 Å². The number of pyridine rings is 1. The molecule has 144 valence electrons. The number of rotatable bonds is 5. The molecule has 0 spiro atoms. The summed E-state index contributed by atoms with van der Waals surface area (Å²) in [6.07, 6.45) is 0.332. The fraction of sp³-hybridized carbons (Fsp3) is 0.0870. The van der Waals surface area contributed by atoms with E-state index in [0.717, 1.165) is 30.9 Å². The predicted octanol–water partition coefficient (Wildman–Crippen LogP) is 3.82. The van der Waals surface area contributed by atoms with Gasteiger partial charge in [0.1, 0.15) is 6.04 Å². The van der Waals surface area contributed by atoms with Gasteiger partial charge in [-0.15, -0.1) is 0 Å². The standard InChI is InChI=1S/C23H18IN3O2/c24-15-11-9-14(10-12-15)13-20(22(25)28)27-23(29)21-16-5-1-3-7-18(16)26-19-8-4-2-6-17(19)21/h1-12,20H,13H2,(H2,25,28)(H,27,29)/t20-/m0/s1. The Labute approximate surface area is 181 Å². The molecule has 1 heterocycles. The fourth-order valence-corrected chi connectivity index (χ4v) is 3.75. The van der Waals surface area contributed by atoms with E-state index in [1.807, 2.05) is 72.8 Å². The molecule has 4 aromatic rings. The monoisotopic (exact) mass is 495 g/mol. The number of nitrogens with two attached hydrogens (primary N) is 1. The van der Waals surface area contributed by atoms with Crippen molar-refractivity contribution in [2.24, 2.45) is 5.73 Å². The van der Waals surface area contributed by atoms with Gasteiger partial charge < -0.3 is 11.1 Å². The zero-order valence-electron chi connectivity index (χ0n) is 15.4. The first kappa shape index (κ1) is 19.3. The molecule has 3 aromatic carbocycles. The first-order valence-corrected chi connectivity index (χ1v) is 10.2. The molecule has 0 aliphatic heterocycles. The second kappa shape index (κ2) is 8.16. The summed E-state index contributed by atoms with van der Waals surface area (Å²) in [6, 6.07) is 21.9. The van der Waals surface area contributed by atoms with Crippen molar-refractivity contribution in [2.75, 3.05) is 0 Å². The first-order valence-electron chi connectivity index (χ1n) is 9.15. The van der Waals surface area contributed by atoms with Gasteiger partial charge in [0.2, 0.25) is 5.91 Å². The number of nitrogens with one attached hydrogen (secondary N) is 1. The molecular formula is C23H18IN3O2. The Morgan fingerprint density at radius 2 is 1.45 bits per heavy atom. The van der Waals surface area contributed by atoms with Crippen molar-refractivity contribution in [3.05, 3.63) is 87.5 Å². The smallest absolute Gasteiger partial charge is 0.253 e. The van der Waals surface area contributed by atoms with Crippen LogP contribution in [0, 0.1) is 3.57 Å². The van der Waals surface area contributed by atoms with Gasteiger partial charge in [-0.05, 0) is 52.4 Å². The SMILES string of the molecule is NC(=O)[C@H](Cc1ccc(I)cc1)NC(=O)c1c2ccccc2nc2ccccc12. The van der Waals surface area contributed by atoms with Gasteiger partial charge in [-0.3, -0.25) is 9.59 Å². The van der Waals surface area contributed by atoms with E-state index < -0.39 is 11.9 Å². The normalized spacial score (nSPS) is 12.0. The quantitative estimate of drug-likeness (QED) is 0.326. The van der Waals surface area contributed by atoms with E-state index in [0.29, 0.717) is 12.0 Å². The lowest BCUT2D eigenvalue weighted by atomic mass is 10.0. The number of primary amides is 1. The van der Waals surface area contributed by atoms with E-state index in [1.54, 1.807) is 0 Å². The maximum atomic E-state index is 13.3. The van der Waals surface area contributed by atoms with Crippen molar-refractivity contribution in [1.29, 1.82) is 0 Å². The topological polar surface area (TPSA) is 85.1 Å². The van der Waals surface area contributed by atoms with E-state index in [2.05, 4.69) is 32.9 Å². The summed E-state index contributed by atoms with van der Waals surface area (Å²) in [5.74, 6) is -0.909. The Morgan fingerprint density at radius 1 is 0.897 bits per heavy atom. The summed E-state index contributed by atoms with van der Waals surface area (Å²) in [6.45, 7) is 0. The number of fused-ring (bicyclic) bond motifs is 2. The maximum Gasteiger partial charge on any atom is 0.253 e. The number of para-hydroxylation sites is 2. The third-order valence-electron chi connectivity index (χ3n) is 4.82. The molecular weight excluding hydrogens is 477 g/mol. The average Bonchev–Trinajstić information content (AvgIpc) is 2.72. The van der Waals surface area contributed by atoms with Crippen LogP contribution in [0.2, 0.25) is 0 Å². The van der Waals surface area contributed by atoms with E-state index in [1.165, 1.54) is 0 Å². The molecule has 2 amide bonds. The van der Waals surface area contributed by atoms with Crippen molar-refractivity contribution in [2.45, 2.75) is 12.5 Å². The number of hydrogen-bond acceptors (Lipinski definition) is 3. The predicted molar refractivity (Wildman–Crippen MR) is 123 cm³/mol. The summed E-state index contributed by atoms with van der Waals surface area (Å²) in [4.78, 5) is 30.0. The number of carbonyl (C=O) groups excluding carboxylic acids is 2. The minimum Gasteiger partial charge on any atom is -0.368 e. The lowest BCUT2D eigenvalue weighted by Gasteiger charge is -2.17. The molecule has 0 unspecified atom stereocenters. The van der Waals surface area contributed by atoms with Gasteiger partial charge in [-0.25, -0.2) is 4.98 Å². The van der Waals surface area contributed by atoms with Gasteiger partial charge in [-0.2, -0.15) is 0 Å². The maximum absolute atomic E-state index is 13.3. The zero-order valence-corrected chi connectivity index (χ0v) is 17.6. The summed E-state index contributed by atoms with van der Waals surface area (Å²) >= 11 is 2.22. The number of aromatic nitrogens is 1. The molecule has 1 atom stereocenters. The highest BCUT2D eigenvalue weighted by Gasteiger charge is 2.22. The minimum atomic E-state index is -0.812. The van der Waals surface area contributed by atoms with E-state index >= 15 is 0 Å². The Hall–Kier alpha value is -3.00. The molecule has 0 aliphatic carbocycles. The average molecular weight is 495 g/mol. The van der Waals surface area contributed by atoms with Gasteiger partial charge in [0.25, 0.3) is 5.91 Å². The number of benzene rings is 3. The van der Waals surface area contributed by atoms with E-state index in [-0.39, 0.29) is 5.91 Å². The van der Waals surface area contributed by atoms with Crippen LogP contribution < -0.4 is 11.1 Å². The molecule has 4 rings (SSSR count). The lowest BCUT2D eigenvalue weighted by molar-refractivity contribution is -0.119. The van der Waals surface area contributed by atoms with E-state index in [9.17, 15) is 9.59 Å². The highest BCUT2D eigenvalue weighted by atomic mass is 127. The number of amides is 2. The second-order valence-electron chi connectivity index (χ2n) is 6.78. The van der Waals surface area contributed by atoms with Crippen molar-refractivity contribution in [3.8, 4) is 0 Å². The largest absolute Gasteiger partial charge is 0.368 e. The van der Waals surface area contributed by atoms with Crippen LogP contribution in [0.1, 0.15) is 15.9 Å². The van der Waals surface area contributed by atoms with Crippen LogP contribution >= 0.6 is 22.6 Å². The summed E-state index contributed by atoms with van der Waals surface area (Å²) in [7, 11) is 0. The molecule has 1 aromatic heterocycles. The molecule has 6 heteroatoms. The Kier molecular flexibility index (Phi) is 5.44. The van der Waals surface area contributed by atoms with E-state index in [4.69, 9.17) is 5.73 Å². The summed E-state index contributed by atoms with van der Waals surface area (Å²) in [5, 5.41) is 4.31. The minimum absolute atomic E-state index is 0.332. The van der Waals surface area contributed by atoms with Gasteiger partial charge in [-0.1, -0.05) is 48.5 Å². The van der Waals surface area contributed by atoms with Gasteiger partial charge in [0.15, 0.2) is 0 Å². The fourth-order valence-electron chi connectivity index (χ4n) is 3.39. The Morgan fingerprint density at radius 3 is 2.00 bits per heavy atom.